The maximum Gasteiger partial charge on any atom is 0.0616 e. The molecule has 1 aromatic rings. The summed E-state index contributed by atoms with van der Waals surface area (Å²) in [6.45, 7) is 12.1. The van der Waals surface area contributed by atoms with E-state index in [4.69, 9.17) is 0 Å². The van der Waals surface area contributed by atoms with Gasteiger partial charge in [0.1, 0.15) is 0 Å². The van der Waals surface area contributed by atoms with Crippen molar-refractivity contribution in [1.82, 2.24) is 9.97 Å². The molecular formula is C11H20N2. The smallest absolute Gasteiger partial charge is 0.0616 e. The number of aryl methyl sites for hydroxylation is 4. The van der Waals surface area contributed by atoms with Crippen LogP contribution in [0.1, 0.15) is 43.5 Å². The summed E-state index contributed by atoms with van der Waals surface area (Å²) in [7, 11) is 0. The van der Waals surface area contributed by atoms with Crippen LogP contribution in [-0.4, -0.2) is 9.97 Å². The molecule has 0 fully saturated rings. The van der Waals surface area contributed by atoms with Crippen molar-refractivity contribution >= 4 is 0 Å². The Bertz CT molecular complexity index is 267. The van der Waals surface area contributed by atoms with Crippen molar-refractivity contribution in [3.63, 3.8) is 0 Å². The topological polar surface area (TPSA) is 25.8 Å². The molecule has 0 unspecified atom stereocenters. The van der Waals surface area contributed by atoms with Gasteiger partial charge in [-0.15, -0.1) is 0 Å². The van der Waals surface area contributed by atoms with Crippen LogP contribution in [-0.2, 0) is 6.42 Å². The molecule has 0 radical (unpaired) electrons. The Kier molecular flexibility index (Phi) is 5.28. The Morgan fingerprint density at radius 3 is 1.77 bits per heavy atom. The third-order valence-corrected chi connectivity index (χ3v) is 1.91. The molecule has 0 amide bonds. The quantitative estimate of drug-likeness (QED) is 0.664. The van der Waals surface area contributed by atoms with Crippen LogP contribution in [0.25, 0.3) is 0 Å². The fourth-order valence-corrected chi connectivity index (χ4v) is 1.10. The summed E-state index contributed by atoms with van der Waals surface area (Å²) >= 11 is 0. The van der Waals surface area contributed by atoms with E-state index in [1.165, 1.54) is 0 Å². The Balaban J connectivity index is 0.000000671. The first-order valence-electron chi connectivity index (χ1n) is 4.96. The van der Waals surface area contributed by atoms with E-state index in [0.29, 0.717) is 0 Å². The van der Waals surface area contributed by atoms with Gasteiger partial charge in [-0.3, -0.25) is 9.97 Å². The van der Waals surface area contributed by atoms with E-state index in [1.807, 2.05) is 34.6 Å². The van der Waals surface area contributed by atoms with E-state index in [2.05, 4.69) is 16.9 Å². The van der Waals surface area contributed by atoms with Crippen molar-refractivity contribution in [3.8, 4) is 0 Å². The molecule has 13 heavy (non-hydrogen) atoms. The largest absolute Gasteiger partial charge is 0.255 e. The van der Waals surface area contributed by atoms with Crippen LogP contribution in [0, 0.1) is 20.8 Å². The summed E-state index contributed by atoms with van der Waals surface area (Å²) < 4.78 is 0. The van der Waals surface area contributed by atoms with Gasteiger partial charge in [-0.1, -0.05) is 20.8 Å². The van der Waals surface area contributed by atoms with Gasteiger partial charge in [0, 0.05) is 0 Å². The number of nitrogens with zero attached hydrogens (tertiary/aromatic N) is 2. The first kappa shape index (κ1) is 12.1. The van der Waals surface area contributed by atoms with Gasteiger partial charge in [0.2, 0.25) is 0 Å². The lowest BCUT2D eigenvalue weighted by Gasteiger charge is -2.04. The van der Waals surface area contributed by atoms with Crippen LogP contribution >= 0.6 is 0 Å². The van der Waals surface area contributed by atoms with Crippen LogP contribution in [0.5, 0.6) is 0 Å². The highest BCUT2D eigenvalue weighted by atomic mass is 14.8. The van der Waals surface area contributed by atoms with Crippen LogP contribution < -0.4 is 0 Å². The van der Waals surface area contributed by atoms with Gasteiger partial charge in [-0.25, -0.2) is 0 Å². The SMILES string of the molecule is CC.CCc1nc(C)c(C)nc1C. The molecule has 0 bridgehead atoms. The van der Waals surface area contributed by atoms with Gasteiger partial charge in [0.05, 0.1) is 22.8 Å². The Morgan fingerprint density at radius 1 is 0.846 bits per heavy atom. The van der Waals surface area contributed by atoms with Crippen molar-refractivity contribution in [2.24, 2.45) is 0 Å². The van der Waals surface area contributed by atoms with E-state index in [1.54, 1.807) is 0 Å². The third-order valence-electron chi connectivity index (χ3n) is 1.91. The molecule has 0 aliphatic heterocycles. The number of rotatable bonds is 1. The molecule has 0 N–H and O–H groups in total. The summed E-state index contributed by atoms with van der Waals surface area (Å²) in [6, 6.07) is 0. The zero-order valence-corrected chi connectivity index (χ0v) is 9.60. The van der Waals surface area contributed by atoms with Crippen molar-refractivity contribution < 1.29 is 0 Å². The van der Waals surface area contributed by atoms with E-state index in [9.17, 15) is 0 Å². The van der Waals surface area contributed by atoms with E-state index >= 15 is 0 Å². The zero-order valence-electron chi connectivity index (χ0n) is 9.60. The molecule has 2 nitrogen and oxygen atoms in total. The molecular weight excluding hydrogens is 160 g/mol. The monoisotopic (exact) mass is 180 g/mol. The van der Waals surface area contributed by atoms with Crippen molar-refractivity contribution in [1.29, 1.82) is 0 Å². The average molecular weight is 180 g/mol. The molecule has 0 saturated carbocycles. The van der Waals surface area contributed by atoms with E-state index in [-0.39, 0.29) is 0 Å². The summed E-state index contributed by atoms with van der Waals surface area (Å²) in [5.41, 5.74) is 4.27. The van der Waals surface area contributed by atoms with E-state index in [0.717, 1.165) is 29.2 Å². The van der Waals surface area contributed by atoms with Gasteiger partial charge in [0.15, 0.2) is 0 Å². The minimum absolute atomic E-state index is 0.972. The minimum atomic E-state index is 0.972. The summed E-state index contributed by atoms with van der Waals surface area (Å²) in [5, 5.41) is 0. The maximum atomic E-state index is 4.43. The lowest BCUT2D eigenvalue weighted by molar-refractivity contribution is 0.904. The number of aromatic nitrogens is 2. The highest BCUT2D eigenvalue weighted by molar-refractivity contribution is 5.17. The maximum absolute atomic E-state index is 4.43. The van der Waals surface area contributed by atoms with Crippen LogP contribution in [0.15, 0.2) is 0 Å². The normalized spacial score (nSPS) is 9.08. The van der Waals surface area contributed by atoms with Crippen molar-refractivity contribution in [3.05, 3.63) is 22.8 Å². The second-order valence-electron chi connectivity index (χ2n) is 2.78. The minimum Gasteiger partial charge on any atom is -0.255 e. The molecule has 1 heterocycles. The molecule has 0 saturated heterocycles. The fourth-order valence-electron chi connectivity index (χ4n) is 1.10. The molecule has 1 aromatic heterocycles. The Labute approximate surface area is 81.4 Å². The molecule has 1 rings (SSSR count). The standard InChI is InChI=1S/C9H14N2.C2H6/c1-5-9-8(4)10-6(2)7(3)11-9;1-2/h5H2,1-4H3;1-2H3. The molecule has 0 spiro atoms. The van der Waals surface area contributed by atoms with Gasteiger partial charge in [0.25, 0.3) is 0 Å². The number of hydrogen-bond donors (Lipinski definition) is 0. The van der Waals surface area contributed by atoms with Crippen LogP contribution in [0.4, 0.5) is 0 Å². The highest BCUT2D eigenvalue weighted by Gasteiger charge is 2.01. The zero-order chi connectivity index (χ0) is 10.4. The first-order chi connectivity index (χ1) is 6.15. The summed E-state index contributed by atoms with van der Waals surface area (Å²) in [5.74, 6) is 0. The molecule has 0 aromatic carbocycles. The van der Waals surface area contributed by atoms with Gasteiger partial charge >= 0.3 is 0 Å². The van der Waals surface area contributed by atoms with Crippen LogP contribution in [0.3, 0.4) is 0 Å². The highest BCUT2D eigenvalue weighted by Crippen LogP contribution is 2.06. The average Bonchev–Trinajstić information content (AvgIpc) is 2.15. The predicted octanol–water partition coefficient (Wildman–Crippen LogP) is 2.99. The second-order valence-corrected chi connectivity index (χ2v) is 2.78. The lowest BCUT2D eigenvalue weighted by Crippen LogP contribution is -2.00. The molecule has 0 atom stereocenters. The summed E-state index contributed by atoms with van der Waals surface area (Å²) in [4.78, 5) is 8.81. The first-order valence-corrected chi connectivity index (χ1v) is 4.96. The number of hydrogen-bond acceptors (Lipinski definition) is 2. The van der Waals surface area contributed by atoms with E-state index < -0.39 is 0 Å². The lowest BCUT2D eigenvalue weighted by atomic mass is 10.2. The van der Waals surface area contributed by atoms with Gasteiger partial charge in [-0.2, -0.15) is 0 Å². The second kappa shape index (κ2) is 5.68. The van der Waals surface area contributed by atoms with Crippen molar-refractivity contribution in [2.45, 2.75) is 48.0 Å². The Morgan fingerprint density at radius 2 is 1.31 bits per heavy atom. The molecule has 0 aliphatic rings. The predicted molar refractivity (Wildman–Crippen MR) is 57.0 cm³/mol. The molecule has 0 aliphatic carbocycles. The van der Waals surface area contributed by atoms with Crippen LogP contribution in [0.2, 0.25) is 0 Å². The van der Waals surface area contributed by atoms with Crippen molar-refractivity contribution in [2.75, 3.05) is 0 Å². The Hall–Kier alpha value is -0.920. The van der Waals surface area contributed by atoms with Gasteiger partial charge in [-0.05, 0) is 27.2 Å². The molecule has 74 valence electrons. The van der Waals surface area contributed by atoms with Gasteiger partial charge < -0.3 is 0 Å². The molecule has 2 heteroatoms. The summed E-state index contributed by atoms with van der Waals surface area (Å²) in [6.07, 6.45) is 0.972. The third kappa shape index (κ3) is 3.13. The fraction of sp³-hybridized carbons (Fsp3) is 0.636.